The molecule has 1 fully saturated rings. The highest BCUT2D eigenvalue weighted by Crippen LogP contribution is 2.38. The van der Waals surface area contributed by atoms with Gasteiger partial charge in [-0.05, 0) is 30.2 Å². The highest BCUT2D eigenvalue weighted by Gasteiger charge is 2.28. The molecule has 2 heteroatoms. The number of methoxy groups -OCH3 is 1. The summed E-state index contributed by atoms with van der Waals surface area (Å²) in [7, 11) is 1.62. The molecule has 0 aliphatic heterocycles. The number of carbonyl (C=O) groups excluding carboxylic acids is 1. The number of ketones is 1. The molecular weight excluding hydrogens is 224 g/mol. The third kappa shape index (κ3) is 2.49. The molecule has 1 atom stereocenters. The number of Topliss-reactive ketones (excluding diaryl/α,β-unsaturated/α-hetero) is 1. The molecule has 0 heterocycles. The third-order valence-corrected chi connectivity index (χ3v) is 3.89. The quantitative estimate of drug-likeness (QED) is 0.738. The van der Waals surface area contributed by atoms with E-state index in [1.54, 1.807) is 7.11 Å². The minimum absolute atomic E-state index is 0.134. The highest BCUT2D eigenvalue weighted by atomic mass is 16.5. The minimum Gasteiger partial charge on any atom is -0.373 e. The van der Waals surface area contributed by atoms with Crippen LogP contribution in [0, 0.1) is 5.92 Å². The molecule has 0 saturated heterocycles. The summed E-state index contributed by atoms with van der Waals surface area (Å²) in [4.78, 5) is 12.6. The number of benzene rings is 1. The van der Waals surface area contributed by atoms with E-state index in [1.807, 2.05) is 32.0 Å². The summed E-state index contributed by atoms with van der Waals surface area (Å²) < 4.78 is 5.36. The first-order chi connectivity index (χ1) is 8.65. The van der Waals surface area contributed by atoms with Gasteiger partial charge < -0.3 is 4.74 Å². The lowest BCUT2D eigenvalue weighted by Crippen LogP contribution is -2.30. The van der Waals surface area contributed by atoms with E-state index in [2.05, 4.69) is 6.07 Å². The van der Waals surface area contributed by atoms with Gasteiger partial charge in [0.05, 0.1) is 0 Å². The maximum absolute atomic E-state index is 12.6. The van der Waals surface area contributed by atoms with Crippen LogP contribution in [0.15, 0.2) is 24.3 Å². The summed E-state index contributed by atoms with van der Waals surface area (Å²) in [5, 5.41) is 0. The van der Waals surface area contributed by atoms with E-state index in [9.17, 15) is 4.79 Å². The van der Waals surface area contributed by atoms with Crippen LogP contribution in [0.3, 0.4) is 0 Å². The van der Waals surface area contributed by atoms with Crippen LogP contribution < -0.4 is 0 Å². The molecular formula is C16H22O2. The summed E-state index contributed by atoms with van der Waals surface area (Å²) in [5.74, 6) is 0.918. The van der Waals surface area contributed by atoms with E-state index in [0.29, 0.717) is 5.92 Å². The Kier molecular flexibility index (Phi) is 4.18. The molecule has 1 aromatic rings. The second kappa shape index (κ2) is 5.66. The first kappa shape index (κ1) is 13.3. The Balaban J connectivity index is 2.29. The van der Waals surface area contributed by atoms with Gasteiger partial charge in [-0.15, -0.1) is 0 Å². The molecule has 1 aromatic carbocycles. The SMILES string of the molecule is COC(C(=O)c1ccccc1C1CCC1)C(C)C. The lowest BCUT2D eigenvalue weighted by molar-refractivity contribution is 0.0457. The fraction of sp³-hybridized carbons (Fsp3) is 0.562. The first-order valence-corrected chi connectivity index (χ1v) is 6.81. The highest BCUT2D eigenvalue weighted by molar-refractivity contribution is 6.01. The zero-order valence-corrected chi connectivity index (χ0v) is 11.5. The summed E-state index contributed by atoms with van der Waals surface area (Å²) in [6.07, 6.45) is 3.38. The predicted molar refractivity (Wildman–Crippen MR) is 73.0 cm³/mol. The molecule has 0 amide bonds. The maximum atomic E-state index is 12.6. The normalized spacial score (nSPS) is 17.6. The van der Waals surface area contributed by atoms with Gasteiger partial charge >= 0.3 is 0 Å². The molecule has 0 N–H and O–H groups in total. The van der Waals surface area contributed by atoms with Crippen LogP contribution >= 0.6 is 0 Å². The van der Waals surface area contributed by atoms with Crippen LogP contribution in [0.4, 0.5) is 0 Å². The average Bonchev–Trinajstić information content (AvgIpc) is 2.27. The summed E-state index contributed by atoms with van der Waals surface area (Å²) >= 11 is 0. The lowest BCUT2D eigenvalue weighted by atomic mass is 9.77. The Bertz CT molecular complexity index is 419. The van der Waals surface area contributed by atoms with Crippen LogP contribution in [-0.4, -0.2) is 19.0 Å². The van der Waals surface area contributed by atoms with E-state index in [1.165, 1.54) is 24.8 Å². The molecule has 0 radical (unpaired) electrons. The zero-order chi connectivity index (χ0) is 13.1. The van der Waals surface area contributed by atoms with Gasteiger partial charge in [-0.2, -0.15) is 0 Å². The maximum Gasteiger partial charge on any atom is 0.192 e. The van der Waals surface area contributed by atoms with Crippen molar-refractivity contribution >= 4 is 5.78 Å². The van der Waals surface area contributed by atoms with Crippen molar-refractivity contribution in [3.05, 3.63) is 35.4 Å². The van der Waals surface area contributed by atoms with Gasteiger partial charge in [-0.25, -0.2) is 0 Å². The first-order valence-electron chi connectivity index (χ1n) is 6.81. The molecule has 0 aromatic heterocycles. The number of carbonyl (C=O) groups is 1. The second-order valence-electron chi connectivity index (χ2n) is 5.48. The van der Waals surface area contributed by atoms with Gasteiger partial charge in [0.25, 0.3) is 0 Å². The Morgan fingerprint density at radius 2 is 1.94 bits per heavy atom. The van der Waals surface area contributed by atoms with Gasteiger partial charge in [0, 0.05) is 12.7 Å². The molecule has 0 bridgehead atoms. The summed E-state index contributed by atoms with van der Waals surface area (Å²) in [6.45, 7) is 4.05. The van der Waals surface area contributed by atoms with Crippen LogP contribution in [0.1, 0.15) is 54.9 Å². The monoisotopic (exact) mass is 246 g/mol. The molecule has 1 aliphatic carbocycles. The largest absolute Gasteiger partial charge is 0.373 e. The summed E-state index contributed by atoms with van der Waals surface area (Å²) in [5.41, 5.74) is 2.08. The molecule has 1 aliphatic rings. The molecule has 18 heavy (non-hydrogen) atoms. The third-order valence-electron chi connectivity index (χ3n) is 3.89. The number of hydrogen-bond acceptors (Lipinski definition) is 2. The van der Waals surface area contributed by atoms with Gasteiger partial charge in [0.2, 0.25) is 0 Å². The van der Waals surface area contributed by atoms with Crippen molar-refractivity contribution in [1.29, 1.82) is 0 Å². The van der Waals surface area contributed by atoms with Crippen LogP contribution in [0.25, 0.3) is 0 Å². The van der Waals surface area contributed by atoms with Crippen LogP contribution in [-0.2, 0) is 4.74 Å². The molecule has 98 valence electrons. The molecule has 1 unspecified atom stereocenters. The Labute approximate surface area is 109 Å². The fourth-order valence-corrected chi connectivity index (χ4v) is 2.63. The van der Waals surface area contributed by atoms with Crippen molar-refractivity contribution in [1.82, 2.24) is 0 Å². The van der Waals surface area contributed by atoms with Crippen molar-refractivity contribution in [2.45, 2.75) is 45.1 Å². The van der Waals surface area contributed by atoms with Crippen molar-refractivity contribution < 1.29 is 9.53 Å². The Morgan fingerprint density at radius 1 is 1.28 bits per heavy atom. The van der Waals surface area contributed by atoms with Crippen LogP contribution in [0.2, 0.25) is 0 Å². The predicted octanol–water partition coefficient (Wildman–Crippen LogP) is 3.81. The molecule has 0 spiro atoms. The molecule has 2 nitrogen and oxygen atoms in total. The number of hydrogen-bond donors (Lipinski definition) is 0. The van der Waals surface area contributed by atoms with E-state index < -0.39 is 0 Å². The van der Waals surface area contributed by atoms with Crippen molar-refractivity contribution in [3.63, 3.8) is 0 Å². The number of ether oxygens (including phenoxy) is 1. The topological polar surface area (TPSA) is 26.3 Å². The Hall–Kier alpha value is -1.15. The van der Waals surface area contributed by atoms with E-state index >= 15 is 0 Å². The van der Waals surface area contributed by atoms with Gasteiger partial charge in [0.1, 0.15) is 6.10 Å². The summed E-state index contributed by atoms with van der Waals surface area (Å²) in [6, 6.07) is 8.03. The van der Waals surface area contributed by atoms with Crippen molar-refractivity contribution in [2.24, 2.45) is 5.92 Å². The Morgan fingerprint density at radius 3 is 2.44 bits per heavy atom. The van der Waals surface area contributed by atoms with Gasteiger partial charge in [0.15, 0.2) is 5.78 Å². The fourth-order valence-electron chi connectivity index (χ4n) is 2.63. The van der Waals surface area contributed by atoms with Gasteiger partial charge in [-0.1, -0.05) is 44.5 Å². The van der Waals surface area contributed by atoms with Gasteiger partial charge in [-0.3, -0.25) is 4.79 Å². The second-order valence-corrected chi connectivity index (χ2v) is 5.48. The molecule has 2 rings (SSSR count). The molecule has 1 saturated carbocycles. The van der Waals surface area contributed by atoms with E-state index in [-0.39, 0.29) is 17.8 Å². The van der Waals surface area contributed by atoms with E-state index in [0.717, 1.165) is 5.56 Å². The zero-order valence-electron chi connectivity index (χ0n) is 11.5. The van der Waals surface area contributed by atoms with E-state index in [4.69, 9.17) is 4.74 Å². The van der Waals surface area contributed by atoms with Crippen LogP contribution in [0.5, 0.6) is 0 Å². The lowest BCUT2D eigenvalue weighted by Gasteiger charge is -2.28. The van der Waals surface area contributed by atoms with Crippen molar-refractivity contribution in [3.8, 4) is 0 Å². The standard InChI is InChI=1S/C16H22O2/c1-11(2)16(18-3)15(17)14-10-5-4-9-13(14)12-7-6-8-12/h4-5,9-12,16H,6-8H2,1-3H3. The minimum atomic E-state index is -0.328. The average molecular weight is 246 g/mol. The smallest absolute Gasteiger partial charge is 0.192 e. The number of rotatable bonds is 5. The van der Waals surface area contributed by atoms with Crippen molar-refractivity contribution in [2.75, 3.05) is 7.11 Å².